The molecule has 7 heteroatoms. The summed E-state index contributed by atoms with van der Waals surface area (Å²) < 4.78 is 0. The Kier molecular flexibility index (Phi) is 5.06. The van der Waals surface area contributed by atoms with E-state index in [2.05, 4.69) is 15.5 Å². The van der Waals surface area contributed by atoms with Crippen molar-refractivity contribution in [3.05, 3.63) is 42.1 Å². The SMILES string of the molecule is O=C(N[C@H]1C[C@H]2CN(C(=O)Cc3[nH]nc4ccccc34)C[C@H]2C[C@@H]1O)C1CC=CC1. The Hall–Kier alpha value is -2.67. The lowest BCUT2D eigenvalue weighted by Gasteiger charge is -2.36. The molecular weight excluding hydrogens is 380 g/mol. The highest BCUT2D eigenvalue weighted by atomic mass is 16.3. The Balaban J connectivity index is 1.20. The number of nitrogens with one attached hydrogen (secondary N) is 2. The van der Waals surface area contributed by atoms with Crippen molar-refractivity contribution < 1.29 is 14.7 Å². The number of aromatic nitrogens is 2. The first-order valence-electron chi connectivity index (χ1n) is 10.9. The summed E-state index contributed by atoms with van der Waals surface area (Å²) in [6.07, 6.45) is 6.77. The van der Waals surface area contributed by atoms with Gasteiger partial charge in [-0.25, -0.2) is 0 Å². The molecule has 30 heavy (non-hydrogen) atoms. The van der Waals surface area contributed by atoms with E-state index in [1.807, 2.05) is 41.3 Å². The van der Waals surface area contributed by atoms with E-state index in [1.54, 1.807) is 0 Å². The maximum absolute atomic E-state index is 13.0. The van der Waals surface area contributed by atoms with E-state index in [9.17, 15) is 14.7 Å². The van der Waals surface area contributed by atoms with Crippen molar-refractivity contribution >= 4 is 22.7 Å². The number of para-hydroxylation sites is 1. The van der Waals surface area contributed by atoms with Crippen LogP contribution in [0.3, 0.4) is 0 Å². The van der Waals surface area contributed by atoms with E-state index >= 15 is 0 Å². The minimum atomic E-state index is -0.545. The molecule has 0 spiro atoms. The van der Waals surface area contributed by atoms with Gasteiger partial charge in [-0.15, -0.1) is 0 Å². The Bertz CT molecular complexity index is 976. The van der Waals surface area contributed by atoms with Gasteiger partial charge in [-0.3, -0.25) is 14.7 Å². The maximum Gasteiger partial charge on any atom is 0.228 e. The minimum Gasteiger partial charge on any atom is -0.391 e. The summed E-state index contributed by atoms with van der Waals surface area (Å²) in [6, 6.07) is 7.58. The smallest absolute Gasteiger partial charge is 0.228 e. The standard InChI is InChI=1S/C23H28N4O3/c28-21-10-16-13-27(22(29)11-19-17-7-3-4-8-18(17)25-26-19)12-15(16)9-20(21)24-23(30)14-5-1-2-6-14/h1-4,7-8,14-16,20-21,28H,5-6,9-13H2,(H,24,30)(H,25,26)/t15-,16+,20-,21-/m0/s1. The topological polar surface area (TPSA) is 98.3 Å². The van der Waals surface area contributed by atoms with Crippen molar-refractivity contribution in [2.75, 3.05) is 13.1 Å². The van der Waals surface area contributed by atoms with E-state index in [0.29, 0.717) is 37.8 Å². The highest BCUT2D eigenvalue weighted by Crippen LogP contribution is 2.37. The van der Waals surface area contributed by atoms with Crippen LogP contribution < -0.4 is 5.32 Å². The van der Waals surface area contributed by atoms with Gasteiger partial charge in [0.2, 0.25) is 11.8 Å². The molecule has 3 N–H and O–H groups in total. The zero-order valence-electron chi connectivity index (χ0n) is 17.0. The summed E-state index contributed by atoms with van der Waals surface area (Å²) in [7, 11) is 0. The molecule has 0 radical (unpaired) electrons. The third-order valence-corrected chi connectivity index (χ3v) is 7.07. The molecule has 3 aliphatic rings. The molecule has 5 rings (SSSR count). The highest BCUT2D eigenvalue weighted by Gasteiger charge is 2.43. The van der Waals surface area contributed by atoms with Crippen LogP contribution in [0.1, 0.15) is 31.4 Å². The number of fused-ring (bicyclic) bond motifs is 2. The first-order chi connectivity index (χ1) is 14.6. The quantitative estimate of drug-likeness (QED) is 0.672. The Morgan fingerprint density at radius 2 is 1.87 bits per heavy atom. The molecule has 2 heterocycles. The molecule has 1 aromatic heterocycles. The zero-order valence-corrected chi connectivity index (χ0v) is 17.0. The highest BCUT2D eigenvalue weighted by molar-refractivity contribution is 5.87. The van der Waals surface area contributed by atoms with Crippen LogP contribution in [-0.4, -0.2) is 57.3 Å². The number of hydrogen-bond donors (Lipinski definition) is 3. The molecule has 1 saturated carbocycles. The summed E-state index contributed by atoms with van der Waals surface area (Å²) >= 11 is 0. The van der Waals surface area contributed by atoms with Crippen LogP contribution in [0.25, 0.3) is 10.9 Å². The average molecular weight is 409 g/mol. The van der Waals surface area contributed by atoms with Crippen LogP contribution >= 0.6 is 0 Å². The number of rotatable bonds is 4. The van der Waals surface area contributed by atoms with Gasteiger partial charge in [-0.2, -0.15) is 5.10 Å². The second-order valence-electron chi connectivity index (χ2n) is 9.01. The number of H-pyrrole nitrogens is 1. The fourth-order valence-corrected chi connectivity index (χ4v) is 5.33. The lowest BCUT2D eigenvalue weighted by Crippen LogP contribution is -2.50. The van der Waals surface area contributed by atoms with Gasteiger partial charge in [0.25, 0.3) is 0 Å². The molecular formula is C23H28N4O3. The van der Waals surface area contributed by atoms with Crippen molar-refractivity contribution in [1.29, 1.82) is 0 Å². The normalized spacial score (nSPS) is 28.8. The van der Waals surface area contributed by atoms with Gasteiger partial charge < -0.3 is 15.3 Å². The molecule has 2 amide bonds. The number of aromatic amines is 1. The molecule has 1 aromatic carbocycles. The number of benzene rings is 1. The number of nitrogens with zero attached hydrogens (tertiary/aromatic N) is 2. The van der Waals surface area contributed by atoms with Crippen LogP contribution in [0.4, 0.5) is 0 Å². The number of amides is 2. The molecule has 2 aliphatic carbocycles. The number of hydrogen-bond acceptors (Lipinski definition) is 4. The third-order valence-electron chi connectivity index (χ3n) is 7.07. The van der Waals surface area contributed by atoms with Gasteiger partial charge in [0.05, 0.1) is 29.8 Å². The summed E-state index contributed by atoms with van der Waals surface area (Å²) in [4.78, 5) is 27.3. The van der Waals surface area contributed by atoms with Gasteiger partial charge in [0, 0.05) is 24.4 Å². The number of carbonyl (C=O) groups is 2. The van der Waals surface area contributed by atoms with Crippen LogP contribution in [0, 0.1) is 17.8 Å². The minimum absolute atomic E-state index is 0.000746. The first-order valence-corrected chi connectivity index (χ1v) is 10.9. The monoisotopic (exact) mass is 408 g/mol. The predicted molar refractivity (Wildman–Crippen MR) is 112 cm³/mol. The maximum atomic E-state index is 13.0. The molecule has 2 fully saturated rings. The van der Waals surface area contributed by atoms with E-state index in [0.717, 1.165) is 35.9 Å². The lowest BCUT2D eigenvalue weighted by atomic mass is 9.77. The van der Waals surface area contributed by atoms with Crippen molar-refractivity contribution in [3.63, 3.8) is 0 Å². The molecule has 0 unspecified atom stereocenters. The van der Waals surface area contributed by atoms with Gasteiger partial charge in [-0.05, 0) is 43.6 Å². The van der Waals surface area contributed by atoms with E-state index in [-0.39, 0.29) is 23.8 Å². The molecule has 1 saturated heterocycles. The van der Waals surface area contributed by atoms with Crippen LogP contribution in [0.5, 0.6) is 0 Å². The second kappa shape index (κ2) is 7.87. The molecule has 4 atom stereocenters. The van der Waals surface area contributed by atoms with Crippen LogP contribution in [0.2, 0.25) is 0 Å². The van der Waals surface area contributed by atoms with Gasteiger partial charge in [0.1, 0.15) is 0 Å². The molecule has 1 aliphatic heterocycles. The predicted octanol–water partition coefficient (Wildman–Crippen LogP) is 1.79. The number of aliphatic hydroxyl groups excluding tert-OH is 1. The van der Waals surface area contributed by atoms with E-state index in [1.165, 1.54) is 0 Å². The van der Waals surface area contributed by atoms with Crippen molar-refractivity contribution in [3.8, 4) is 0 Å². The van der Waals surface area contributed by atoms with Gasteiger partial charge in [-0.1, -0.05) is 30.4 Å². The molecule has 158 valence electrons. The van der Waals surface area contributed by atoms with Crippen molar-refractivity contribution in [1.82, 2.24) is 20.4 Å². The average Bonchev–Trinajstić information content (AvgIpc) is 3.48. The summed E-state index contributed by atoms with van der Waals surface area (Å²) in [5.74, 6) is 0.748. The Morgan fingerprint density at radius 3 is 2.67 bits per heavy atom. The Labute approximate surface area is 175 Å². The van der Waals surface area contributed by atoms with Crippen molar-refractivity contribution in [2.45, 2.75) is 44.2 Å². The third kappa shape index (κ3) is 3.62. The lowest BCUT2D eigenvalue weighted by molar-refractivity contribution is -0.130. The first kappa shape index (κ1) is 19.3. The zero-order chi connectivity index (χ0) is 20.7. The number of allylic oxidation sites excluding steroid dienone is 2. The largest absolute Gasteiger partial charge is 0.391 e. The molecule has 0 bridgehead atoms. The van der Waals surface area contributed by atoms with Crippen LogP contribution in [0.15, 0.2) is 36.4 Å². The fraction of sp³-hybridized carbons (Fsp3) is 0.522. The number of aliphatic hydroxyl groups is 1. The summed E-state index contributed by atoms with van der Waals surface area (Å²) in [5, 5.41) is 22.0. The molecule has 2 aromatic rings. The number of carbonyl (C=O) groups excluding carboxylic acids is 2. The van der Waals surface area contributed by atoms with Crippen LogP contribution in [-0.2, 0) is 16.0 Å². The fourth-order valence-electron chi connectivity index (χ4n) is 5.33. The van der Waals surface area contributed by atoms with E-state index in [4.69, 9.17) is 0 Å². The van der Waals surface area contributed by atoms with E-state index < -0.39 is 6.10 Å². The van der Waals surface area contributed by atoms with Gasteiger partial charge >= 0.3 is 0 Å². The Morgan fingerprint density at radius 1 is 1.13 bits per heavy atom. The van der Waals surface area contributed by atoms with Crippen molar-refractivity contribution in [2.24, 2.45) is 17.8 Å². The molecule has 7 nitrogen and oxygen atoms in total. The van der Waals surface area contributed by atoms with Gasteiger partial charge in [0.15, 0.2) is 0 Å². The summed E-state index contributed by atoms with van der Waals surface area (Å²) in [5.41, 5.74) is 1.72. The second-order valence-corrected chi connectivity index (χ2v) is 9.01. The number of likely N-dealkylation sites (tertiary alicyclic amines) is 1. The summed E-state index contributed by atoms with van der Waals surface area (Å²) in [6.45, 7) is 1.37.